The Bertz CT molecular complexity index is 412. The molecule has 82 valence electrons. The van der Waals surface area contributed by atoms with Gasteiger partial charge < -0.3 is 10.6 Å². The molecule has 0 radical (unpaired) electrons. The SMILES string of the molecule is Cc1ccc(N(C)c2ccc(N)cc2)cc1. The fraction of sp³-hybridized carbons (Fsp3) is 0.143. The van der Waals surface area contributed by atoms with Crippen LogP contribution in [0.5, 0.6) is 0 Å². The fourth-order valence-corrected chi connectivity index (χ4v) is 1.62. The van der Waals surface area contributed by atoms with Crippen LogP contribution in [0.15, 0.2) is 48.5 Å². The smallest absolute Gasteiger partial charge is 0.0409 e. The van der Waals surface area contributed by atoms with Gasteiger partial charge in [-0.2, -0.15) is 0 Å². The van der Waals surface area contributed by atoms with Gasteiger partial charge in [0.25, 0.3) is 0 Å². The Kier molecular flexibility index (Phi) is 2.82. The summed E-state index contributed by atoms with van der Waals surface area (Å²) in [7, 11) is 2.05. The molecule has 0 saturated heterocycles. The largest absolute Gasteiger partial charge is 0.399 e. The van der Waals surface area contributed by atoms with Crippen molar-refractivity contribution >= 4 is 17.1 Å². The third-order valence-corrected chi connectivity index (χ3v) is 2.70. The zero-order valence-corrected chi connectivity index (χ0v) is 9.64. The van der Waals surface area contributed by atoms with Crippen molar-refractivity contribution in [1.29, 1.82) is 0 Å². The molecule has 2 aromatic rings. The first-order chi connectivity index (χ1) is 7.66. The van der Waals surface area contributed by atoms with Crippen LogP contribution in [0.25, 0.3) is 0 Å². The Balaban J connectivity index is 2.28. The second-order valence-electron chi connectivity index (χ2n) is 3.99. The quantitative estimate of drug-likeness (QED) is 0.773. The van der Waals surface area contributed by atoms with Crippen molar-refractivity contribution in [3.8, 4) is 0 Å². The zero-order valence-electron chi connectivity index (χ0n) is 9.64. The first-order valence-corrected chi connectivity index (χ1v) is 5.33. The average Bonchev–Trinajstić information content (AvgIpc) is 2.30. The van der Waals surface area contributed by atoms with Crippen LogP contribution < -0.4 is 10.6 Å². The molecule has 0 heterocycles. The van der Waals surface area contributed by atoms with E-state index in [4.69, 9.17) is 5.73 Å². The number of nitrogens with two attached hydrogens (primary N) is 1. The topological polar surface area (TPSA) is 29.3 Å². The molecule has 2 aromatic carbocycles. The molecule has 0 unspecified atom stereocenters. The molecule has 2 N–H and O–H groups in total. The summed E-state index contributed by atoms with van der Waals surface area (Å²) in [6.07, 6.45) is 0. The molecule has 0 amide bonds. The lowest BCUT2D eigenvalue weighted by atomic mass is 10.2. The van der Waals surface area contributed by atoms with E-state index in [-0.39, 0.29) is 0 Å². The summed E-state index contributed by atoms with van der Waals surface area (Å²) in [6.45, 7) is 2.09. The maximum absolute atomic E-state index is 5.67. The number of nitrogens with zero attached hydrogens (tertiary/aromatic N) is 1. The molecule has 0 aromatic heterocycles. The van der Waals surface area contributed by atoms with Gasteiger partial charge in [0.2, 0.25) is 0 Å². The van der Waals surface area contributed by atoms with Crippen LogP contribution in [0.2, 0.25) is 0 Å². The fourth-order valence-electron chi connectivity index (χ4n) is 1.62. The summed E-state index contributed by atoms with van der Waals surface area (Å²) in [5, 5.41) is 0. The Labute approximate surface area is 96.3 Å². The van der Waals surface area contributed by atoms with Gasteiger partial charge in [-0.05, 0) is 43.3 Å². The lowest BCUT2D eigenvalue weighted by Gasteiger charge is -2.19. The van der Waals surface area contributed by atoms with E-state index >= 15 is 0 Å². The van der Waals surface area contributed by atoms with E-state index in [9.17, 15) is 0 Å². The Hall–Kier alpha value is -1.96. The Morgan fingerprint density at radius 1 is 0.812 bits per heavy atom. The van der Waals surface area contributed by atoms with Gasteiger partial charge in [0.15, 0.2) is 0 Å². The number of benzene rings is 2. The summed E-state index contributed by atoms with van der Waals surface area (Å²) in [5.74, 6) is 0. The van der Waals surface area contributed by atoms with Crippen molar-refractivity contribution < 1.29 is 0 Å². The van der Waals surface area contributed by atoms with Crippen LogP contribution in [0.1, 0.15) is 5.56 Å². The van der Waals surface area contributed by atoms with Gasteiger partial charge in [-0.15, -0.1) is 0 Å². The molecule has 2 nitrogen and oxygen atoms in total. The van der Waals surface area contributed by atoms with Crippen molar-refractivity contribution in [2.75, 3.05) is 17.7 Å². The first-order valence-electron chi connectivity index (χ1n) is 5.33. The van der Waals surface area contributed by atoms with Crippen molar-refractivity contribution in [3.63, 3.8) is 0 Å². The van der Waals surface area contributed by atoms with Gasteiger partial charge in [-0.3, -0.25) is 0 Å². The molecule has 2 rings (SSSR count). The summed E-state index contributed by atoms with van der Waals surface area (Å²) >= 11 is 0. The van der Waals surface area contributed by atoms with Crippen LogP contribution in [-0.2, 0) is 0 Å². The van der Waals surface area contributed by atoms with Gasteiger partial charge in [-0.25, -0.2) is 0 Å². The molecule has 0 fully saturated rings. The minimum Gasteiger partial charge on any atom is -0.399 e. The van der Waals surface area contributed by atoms with Crippen LogP contribution in [0.3, 0.4) is 0 Å². The second kappa shape index (κ2) is 4.27. The molecule has 0 spiro atoms. The van der Waals surface area contributed by atoms with Gasteiger partial charge in [0.05, 0.1) is 0 Å². The van der Waals surface area contributed by atoms with E-state index in [0.717, 1.165) is 11.4 Å². The average molecular weight is 212 g/mol. The monoisotopic (exact) mass is 212 g/mol. The highest BCUT2D eigenvalue weighted by Crippen LogP contribution is 2.24. The number of aryl methyl sites for hydroxylation is 1. The lowest BCUT2D eigenvalue weighted by Crippen LogP contribution is -2.09. The minimum absolute atomic E-state index is 0.793. The number of hydrogen-bond donors (Lipinski definition) is 1. The summed E-state index contributed by atoms with van der Waals surface area (Å²) in [4.78, 5) is 2.14. The minimum atomic E-state index is 0.793. The van der Waals surface area contributed by atoms with Crippen molar-refractivity contribution in [1.82, 2.24) is 0 Å². The highest BCUT2D eigenvalue weighted by atomic mass is 15.1. The lowest BCUT2D eigenvalue weighted by molar-refractivity contribution is 1.20. The summed E-state index contributed by atoms with van der Waals surface area (Å²) in [5.41, 5.74) is 10.0. The maximum Gasteiger partial charge on any atom is 0.0409 e. The molecular weight excluding hydrogens is 196 g/mol. The molecule has 0 saturated carbocycles. The second-order valence-corrected chi connectivity index (χ2v) is 3.99. The van der Waals surface area contributed by atoms with Crippen LogP contribution >= 0.6 is 0 Å². The normalized spacial score (nSPS) is 10.1. The number of hydrogen-bond acceptors (Lipinski definition) is 2. The summed E-state index contributed by atoms with van der Waals surface area (Å²) in [6, 6.07) is 16.3. The summed E-state index contributed by atoms with van der Waals surface area (Å²) < 4.78 is 0. The standard InChI is InChI=1S/C14H16N2/c1-11-3-7-13(8-4-11)16(2)14-9-5-12(15)6-10-14/h3-10H,15H2,1-2H3. The van der Waals surface area contributed by atoms with Crippen LogP contribution in [-0.4, -0.2) is 7.05 Å². The van der Waals surface area contributed by atoms with Gasteiger partial charge in [-0.1, -0.05) is 17.7 Å². The van der Waals surface area contributed by atoms with Gasteiger partial charge in [0.1, 0.15) is 0 Å². The zero-order chi connectivity index (χ0) is 11.5. The molecule has 0 aliphatic heterocycles. The van der Waals surface area contributed by atoms with Crippen molar-refractivity contribution in [2.24, 2.45) is 0 Å². The third-order valence-electron chi connectivity index (χ3n) is 2.70. The number of nitrogen functional groups attached to an aromatic ring is 1. The van der Waals surface area contributed by atoms with E-state index in [1.807, 2.05) is 24.3 Å². The maximum atomic E-state index is 5.67. The third kappa shape index (κ3) is 2.16. The Morgan fingerprint density at radius 3 is 1.75 bits per heavy atom. The van der Waals surface area contributed by atoms with Crippen molar-refractivity contribution in [2.45, 2.75) is 6.92 Å². The molecule has 16 heavy (non-hydrogen) atoms. The molecular formula is C14H16N2. The van der Waals surface area contributed by atoms with E-state index in [1.54, 1.807) is 0 Å². The highest BCUT2D eigenvalue weighted by molar-refractivity contribution is 5.64. The van der Waals surface area contributed by atoms with Gasteiger partial charge in [0, 0.05) is 24.1 Å². The van der Waals surface area contributed by atoms with Crippen molar-refractivity contribution in [3.05, 3.63) is 54.1 Å². The van der Waals surface area contributed by atoms with E-state index in [0.29, 0.717) is 0 Å². The number of anilines is 3. The predicted molar refractivity (Wildman–Crippen MR) is 70.1 cm³/mol. The number of rotatable bonds is 2. The van der Waals surface area contributed by atoms with Crippen LogP contribution in [0, 0.1) is 6.92 Å². The highest BCUT2D eigenvalue weighted by Gasteiger charge is 2.02. The van der Waals surface area contributed by atoms with Gasteiger partial charge >= 0.3 is 0 Å². The molecule has 0 atom stereocenters. The van der Waals surface area contributed by atoms with Crippen LogP contribution in [0.4, 0.5) is 17.1 Å². The molecule has 2 heteroatoms. The predicted octanol–water partition coefficient (Wildman–Crippen LogP) is 3.35. The van der Waals surface area contributed by atoms with E-state index in [1.165, 1.54) is 11.3 Å². The molecule has 0 aliphatic rings. The van der Waals surface area contributed by atoms with E-state index in [2.05, 4.69) is 43.1 Å². The molecule has 0 bridgehead atoms. The van der Waals surface area contributed by atoms with E-state index < -0.39 is 0 Å². The first kappa shape index (κ1) is 10.6. The molecule has 0 aliphatic carbocycles. The Morgan fingerprint density at radius 2 is 1.25 bits per heavy atom.